The van der Waals surface area contributed by atoms with Crippen LogP contribution in [-0.2, 0) is 9.53 Å². The number of esters is 1. The van der Waals surface area contributed by atoms with Crippen LogP contribution in [0.5, 0.6) is 5.75 Å². The third-order valence-electron chi connectivity index (χ3n) is 3.35. The van der Waals surface area contributed by atoms with E-state index in [0.717, 1.165) is 26.2 Å². The highest BCUT2D eigenvalue weighted by atomic mass is 19.2. The van der Waals surface area contributed by atoms with Crippen molar-refractivity contribution >= 4 is 11.8 Å². The van der Waals surface area contributed by atoms with E-state index < -0.39 is 46.1 Å². The summed E-state index contributed by atoms with van der Waals surface area (Å²) < 4.78 is 50.5. The lowest BCUT2D eigenvalue weighted by Crippen LogP contribution is -2.21. The Labute approximate surface area is 136 Å². The molecule has 0 bridgehead atoms. The summed E-state index contributed by atoms with van der Waals surface area (Å²) >= 11 is 0. The fourth-order valence-corrected chi connectivity index (χ4v) is 1.95. The molecule has 2 rings (SSSR count). The van der Waals surface area contributed by atoms with E-state index in [1.165, 1.54) is 6.92 Å². The molecule has 0 heterocycles. The van der Waals surface area contributed by atoms with Crippen molar-refractivity contribution in [1.29, 1.82) is 0 Å². The first-order valence-electron chi connectivity index (χ1n) is 7.30. The number of methoxy groups -OCH3 is 1. The number of ether oxygens (including phenoxy) is 2. The number of hydrogen-bond acceptors (Lipinski definition) is 5. The summed E-state index contributed by atoms with van der Waals surface area (Å²) in [6.07, 6.45) is 2.85. The van der Waals surface area contributed by atoms with Gasteiger partial charge in [-0.1, -0.05) is 0 Å². The van der Waals surface area contributed by atoms with Gasteiger partial charge < -0.3 is 14.8 Å². The molecule has 1 aromatic rings. The molecule has 24 heavy (non-hydrogen) atoms. The molecule has 5 nitrogen and oxygen atoms in total. The Morgan fingerprint density at radius 2 is 1.96 bits per heavy atom. The van der Waals surface area contributed by atoms with Crippen molar-refractivity contribution in [2.45, 2.75) is 25.8 Å². The molecule has 0 amide bonds. The quantitative estimate of drug-likeness (QED) is 0.206. The smallest absolute Gasteiger partial charge is 0.343 e. The van der Waals surface area contributed by atoms with E-state index in [2.05, 4.69) is 10.1 Å². The van der Waals surface area contributed by atoms with Crippen LogP contribution in [-0.4, -0.2) is 31.5 Å². The maximum Gasteiger partial charge on any atom is 0.343 e. The number of ketones is 1. The van der Waals surface area contributed by atoms with Crippen molar-refractivity contribution in [2.75, 3.05) is 13.7 Å². The van der Waals surface area contributed by atoms with Crippen molar-refractivity contribution in [3.63, 3.8) is 0 Å². The first-order valence-corrected chi connectivity index (χ1v) is 7.30. The molecule has 130 valence electrons. The summed E-state index contributed by atoms with van der Waals surface area (Å²) in [5.41, 5.74) is -1.32. The van der Waals surface area contributed by atoms with Gasteiger partial charge in [0.1, 0.15) is 5.57 Å². The lowest BCUT2D eigenvalue weighted by Gasteiger charge is -2.11. The van der Waals surface area contributed by atoms with Gasteiger partial charge in [-0.05, 0) is 25.8 Å². The molecule has 1 saturated carbocycles. The minimum absolute atomic E-state index is 0.00351. The van der Waals surface area contributed by atoms with E-state index in [0.29, 0.717) is 6.07 Å². The highest BCUT2D eigenvalue weighted by Crippen LogP contribution is 2.28. The molecule has 8 heteroatoms. The van der Waals surface area contributed by atoms with Crippen LogP contribution >= 0.6 is 0 Å². The lowest BCUT2D eigenvalue weighted by molar-refractivity contribution is -0.138. The zero-order valence-electron chi connectivity index (χ0n) is 13.1. The maximum absolute atomic E-state index is 14.2. The third kappa shape index (κ3) is 3.69. The van der Waals surface area contributed by atoms with Gasteiger partial charge in [-0.2, -0.15) is 4.39 Å². The number of carbonyl (C=O) groups is 2. The van der Waals surface area contributed by atoms with Crippen molar-refractivity contribution in [3.05, 3.63) is 40.9 Å². The number of rotatable bonds is 7. The lowest BCUT2D eigenvalue weighted by atomic mass is 10.0. The highest BCUT2D eigenvalue weighted by molar-refractivity contribution is 6.24. The Morgan fingerprint density at radius 3 is 2.50 bits per heavy atom. The number of Topliss-reactive ketones (excluding diaryl/α,β-unsaturated/α-hetero) is 1. The SMILES string of the molecule is CCOC(=O)/C(=C/NC1CC1)C(=O)c1cc(F)c(F)c(OC)c1F. The number of nitrogens with one attached hydrogen (secondary N) is 1. The molecule has 0 aromatic heterocycles. The topological polar surface area (TPSA) is 64.6 Å². The summed E-state index contributed by atoms with van der Waals surface area (Å²) in [6.45, 7) is 1.53. The largest absolute Gasteiger partial charge is 0.491 e. The second-order valence-electron chi connectivity index (χ2n) is 5.12. The molecular formula is C16H16F3NO4. The molecule has 0 unspecified atom stereocenters. The predicted octanol–water partition coefficient (Wildman–Crippen LogP) is 2.49. The number of hydrogen-bond donors (Lipinski definition) is 1. The molecule has 1 aliphatic rings. The Kier molecular flexibility index (Phi) is 5.48. The number of carbonyl (C=O) groups excluding carboxylic acids is 2. The van der Waals surface area contributed by atoms with Gasteiger partial charge in [0, 0.05) is 12.2 Å². The fraction of sp³-hybridized carbons (Fsp3) is 0.375. The Morgan fingerprint density at radius 1 is 1.29 bits per heavy atom. The third-order valence-corrected chi connectivity index (χ3v) is 3.35. The van der Waals surface area contributed by atoms with Gasteiger partial charge in [0.05, 0.1) is 19.3 Å². The van der Waals surface area contributed by atoms with E-state index in [9.17, 15) is 22.8 Å². The predicted molar refractivity (Wildman–Crippen MR) is 78.1 cm³/mol. The molecule has 0 saturated heterocycles. The van der Waals surface area contributed by atoms with Crippen LogP contribution in [0.3, 0.4) is 0 Å². The molecule has 0 atom stereocenters. The molecule has 0 radical (unpaired) electrons. The van der Waals surface area contributed by atoms with Gasteiger partial charge in [0.25, 0.3) is 0 Å². The monoisotopic (exact) mass is 343 g/mol. The maximum atomic E-state index is 14.2. The minimum atomic E-state index is -1.55. The van der Waals surface area contributed by atoms with E-state index in [1.807, 2.05) is 0 Å². The number of benzene rings is 1. The summed E-state index contributed by atoms with van der Waals surface area (Å²) in [5, 5.41) is 2.82. The van der Waals surface area contributed by atoms with E-state index in [-0.39, 0.29) is 12.6 Å². The van der Waals surface area contributed by atoms with E-state index in [1.54, 1.807) is 0 Å². The molecule has 0 aliphatic heterocycles. The standard InChI is InChI=1S/C16H16F3NO4/c1-3-24-16(22)10(7-20-8-4-5-8)14(21)9-6-11(17)13(19)15(23-2)12(9)18/h6-8,20H,3-5H2,1-2H3/b10-7+. The number of halogens is 3. The molecular weight excluding hydrogens is 327 g/mol. The molecule has 1 aromatic carbocycles. The Balaban J connectivity index is 2.43. The second kappa shape index (κ2) is 7.37. The minimum Gasteiger partial charge on any atom is -0.491 e. The first kappa shape index (κ1) is 17.8. The van der Waals surface area contributed by atoms with Crippen molar-refractivity contribution in [2.24, 2.45) is 0 Å². The Hall–Kier alpha value is -2.51. The molecule has 1 N–H and O–H groups in total. The van der Waals surface area contributed by atoms with Crippen molar-refractivity contribution in [1.82, 2.24) is 5.32 Å². The van der Waals surface area contributed by atoms with Crippen LogP contribution in [0.2, 0.25) is 0 Å². The average Bonchev–Trinajstić information content (AvgIpc) is 3.36. The first-order chi connectivity index (χ1) is 11.4. The van der Waals surface area contributed by atoms with Gasteiger partial charge in [0.2, 0.25) is 11.6 Å². The highest BCUT2D eigenvalue weighted by Gasteiger charge is 2.30. The average molecular weight is 343 g/mol. The van der Waals surface area contributed by atoms with Crippen molar-refractivity contribution < 1.29 is 32.2 Å². The van der Waals surface area contributed by atoms with Crippen LogP contribution in [0, 0.1) is 17.5 Å². The second-order valence-corrected chi connectivity index (χ2v) is 5.12. The van der Waals surface area contributed by atoms with Crippen LogP contribution in [0.15, 0.2) is 17.8 Å². The zero-order chi connectivity index (χ0) is 17.9. The van der Waals surface area contributed by atoms with E-state index in [4.69, 9.17) is 4.74 Å². The van der Waals surface area contributed by atoms with Crippen LogP contribution in [0.4, 0.5) is 13.2 Å². The summed E-state index contributed by atoms with van der Waals surface area (Å²) in [4.78, 5) is 24.4. The normalized spacial score (nSPS) is 14.3. The zero-order valence-corrected chi connectivity index (χ0v) is 13.1. The van der Waals surface area contributed by atoms with Gasteiger partial charge in [-0.25, -0.2) is 13.6 Å². The molecule has 1 aliphatic carbocycles. The van der Waals surface area contributed by atoms with Crippen molar-refractivity contribution in [3.8, 4) is 5.75 Å². The summed E-state index contributed by atoms with van der Waals surface area (Å²) in [5.74, 6) is -7.55. The summed E-state index contributed by atoms with van der Waals surface area (Å²) in [7, 11) is 0.936. The molecule has 0 spiro atoms. The van der Waals surface area contributed by atoms with E-state index >= 15 is 0 Å². The van der Waals surface area contributed by atoms with Crippen LogP contribution < -0.4 is 10.1 Å². The van der Waals surface area contributed by atoms with Gasteiger partial charge >= 0.3 is 5.97 Å². The summed E-state index contributed by atoms with van der Waals surface area (Å²) in [6, 6.07) is 0.506. The fourth-order valence-electron chi connectivity index (χ4n) is 1.95. The Bertz CT molecular complexity index is 699. The van der Waals surface area contributed by atoms with Crippen LogP contribution in [0.1, 0.15) is 30.1 Å². The van der Waals surface area contributed by atoms with Crippen LogP contribution in [0.25, 0.3) is 0 Å². The van der Waals surface area contributed by atoms with Gasteiger partial charge in [-0.15, -0.1) is 0 Å². The van der Waals surface area contributed by atoms with Gasteiger partial charge in [-0.3, -0.25) is 4.79 Å². The van der Waals surface area contributed by atoms with Gasteiger partial charge in [0.15, 0.2) is 17.4 Å². The molecule has 1 fully saturated rings.